The predicted octanol–water partition coefficient (Wildman–Crippen LogP) is 0.504. The van der Waals surface area contributed by atoms with Gasteiger partial charge in [-0.25, -0.2) is 0 Å². The summed E-state index contributed by atoms with van der Waals surface area (Å²) in [6.45, 7) is 4.44. The Morgan fingerprint density at radius 3 is 2.64 bits per heavy atom. The molecule has 3 heteroatoms. The largest absolute Gasteiger partial charge is 0.329 e. The van der Waals surface area contributed by atoms with E-state index in [2.05, 4.69) is 16.8 Å². The van der Waals surface area contributed by atoms with Crippen molar-refractivity contribution in [3.63, 3.8) is 0 Å². The molecule has 1 saturated heterocycles. The molecule has 1 heterocycles. The van der Waals surface area contributed by atoms with Gasteiger partial charge in [0, 0.05) is 31.7 Å². The number of hydrogen-bond donors (Lipinski definition) is 1. The van der Waals surface area contributed by atoms with Crippen LogP contribution < -0.4 is 5.73 Å². The van der Waals surface area contributed by atoms with Crippen molar-refractivity contribution in [3.05, 3.63) is 0 Å². The van der Waals surface area contributed by atoms with Gasteiger partial charge in [-0.15, -0.1) is 0 Å². The van der Waals surface area contributed by atoms with Crippen molar-refractivity contribution in [2.75, 3.05) is 33.2 Å². The highest BCUT2D eigenvalue weighted by atomic mass is 15.2. The van der Waals surface area contributed by atoms with Gasteiger partial charge in [-0.05, 0) is 39.3 Å². The number of hydrogen-bond acceptors (Lipinski definition) is 3. The monoisotopic (exact) mass is 197 g/mol. The van der Waals surface area contributed by atoms with Crippen LogP contribution in [0.15, 0.2) is 0 Å². The molecule has 1 aliphatic heterocycles. The summed E-state index contributed by atoms with van der Waals surface area (Å²) in [5.41, 5.74) is 5.65. The summed E-state index contributed by atoms with van der Waals surface area (Å²) in [5, 5.41) is 0. The van der Waals surface area contributed by atoms with E-state index < -0.39 is 0 Å². The lowest BCUT2D eigenvalue weighted by Crippen LogP contribution is -2.41. The Balaban J connectivity index is 1.80. The molecule has 0 unspecified atom stereocenters. The lowest BCUT2D eigenvalue weighted by atomic mass is 10.2. The summed E-state index contributed by atoms with van der Waals surface area (Å²) in [6.07, 6.45) is 5.56. The third-order valence-corrected chi connectivity index (χ3v) is 3.60. The van der Waals surface area contributed by atoms with E-state index in [1.54, 1.807) is 0 Å². The van der Waals surface area contributed by atoms with E-state index in [4.69, 9.17) is 5.73 Å². The zero-order valence-electron chi connectivity index (χ0n) is 9.28. The maximum Gasteiger partial charge on any atom is 0.0220 e. The van der Waals surface area contributed by atoms with E-state index >= 15 is 0 Å². The molecule has 1 saturated carbocycles. The first-order chi connectivity index (χ1) is 6.81. The molecule has 82 valence electrons. The first kappa shape index (κ1) is 10.4. The van der Waals surface area contributed by atoms with Gasteiger partial charge in [-0.3, -0.25) is 4.90 Å². The molecule has 0 radical (unpaired) electrons. The summed E-state index contributed by atoms with van der Waals surface area (Å²) in [4.78, 5) is 5.11. The molecular weight excluding hydrogens is 174 g/mol. The standard InChI is InChI=1S/C11H23N3/c1-13-7-2-3-11(13)9-14(8-6-12)10-4-5-10/h10-11H,2-9,12H2,1H3/t11-/m0/s1. The second-order valence-electron chi connectivity index (χ2n) is 4.79. The fourth-order valence-corrected chi connectivity index (χ4v) is 2.51. The molecule has 0 bridgehead atoms. The first-order valence-corrected chi connectivity index (χ1v) is 5.95. The van der Waals surface area contributed by atoms with Crippen LogP contribution in [-0.2, 0) is 0 Å². The zero-order valence-corrected chi connectivity index (χ0v) is 9.28. The van der Waals surface area contributed by atoms with Crippen molar-refractivity contribution >= 4 is 0 Å². The van der Waals surface area contributed by atoms with Gasteiger partial charge < -0.3 is 10.6 Å². The fourth-order valence-electron chi connectivity index (χ4n) is 2.51. The van der Waals surface area contributed by atoms with Gasteiger partial charge in [0.2, 0.25) is 0 Å². The minimum absolute atomic E-state index is 0.794. The Kier molecular flexibility index (Phi) is 3.42. The summed E-state index contributed by atoms with van der Waals surface area (Å²) in [6, 6.07) is 1.66. The molecule has 2 rings (SSSR count). The topological polar surface area (TPSA) is 32.5 Å². The van der Waals surface area contributed by atoms with Crippen LogP contribution in [0.2, 0.25) is 0 Å². The van der Waals surface area contributed by atoms with Crippen molar-refractivity contribution in [2.24, 2.45) is 5.73 Å². The van der Waals surface area contributed by atoms with Crippen LogP contribution in [0.5, 0.6) is 0 Å². The minimum Gasteiger partial charge on any atom is -0.329 e. The molecule has 2 aliphatic rings. The molecule has 2 N–H and O–H groups in total. The van der Waals surface area contributed by atoms with E-state index in [9.17, 15) is 0 Å². The second-order valence-corrected chi connectivity index (χ2v) is 4.79. The highest BCUT2D eigenvalue weighted by molar-refractivity contribution is 4.88. The van der Waals surface area contributed by atoms with E-state index in [-0.39, 0.29) is 0 Å². The lowest BCUT2D eigenvalue weighted by Gasteiger charge is -2.28. The van der Waals surface area contributed by atoms with Crippen LogP contribution in [0, 0.1) is 0 Å². The van der Waals surface area contributed by atoms with E-state index in [0.717, 1.165) is 25.2 Å². The quantitative estimate of drug-likeness (QED) is 0.697. The van der Waals surface area contributed by atoms with Crippen LogP contribution in [-0.4, -0.2) is 55.1 Å². The summed E-state index contributed by atoms with van der Waals surface area (Å²) >= 11 is 0. The molecule has 1 aliphatic carbocycles. The molecule has 0 aromatic rings. The highest BCUT2D eigenvalue weighted by Gasteiger charge is 2.31. The fraction of sp³-hybridized carbons (Fsp3) is 1.00. The average molecular weight is 197 g/mol. The Hall–Kier alpha value is -0.120. The molecule has 0 aromatic heterocycles. The molecule has 3 nitrogen and oxygen atoms in total. The Morgan fingerprint density at radius 2 is 2.14 bits per heavy atom. The van der Waals surface area contributed by atoms with Crippen LogP contribution in [0.4, 0.5) is 0 Å². The summed E-state index contributed by atoms with van der Waals surface area (Å²) in [7, 11) is 2.26. The predicted molar refractivity (Wildman–Crippen MR) is 59.3 cm³/mol. The third kappa shape index (κ3) is 2.47. The average Bonchev–Trinajstić information content (AvgIpc) is 2.93. The first-order valence-electron chi connectivity index (χ1n) is 5.95. The molecule has 0 spiro atoms. The van der Waals surface area contributed by atoms with E-state index in [1.165, 1.54) is 38.8 Å². The number of nitrogens with two attached hydrogens (primary N) is 1. The Bertz CT molecular complexity index is 179. The van der Waals surface area contributed by atoms with Gasteiger partial charge in [-0.1, -0.05) is 0 Å². The van der Waals surface area contributed by atoms with Crippen molar-refractivity contribution in [1.29, 1.82) is 0 Å². The van der Waals surface area contributed by atoms with Crippen molar-refractivity contribution in [1.82, 2.24) is 9.80 Å². The van der Waals surface area contributed by atoms with Gasteiger partial charge in [0.15, 0.2) is 0 Å². The van der Waals surface area contributed by atoms with Crippen molar-refractivity contribution in [2.45, 2.75) is 37.8 Å². The van der Waals surface area contributed by atoms with Crippen LogP contribution in [0.25, 0.3) is 0 Å². The van der Waals surface area contributed by atoms with Crippen LogP contribution >= 0.6 is 0 Å². The molecular formula is C11H23N3. The smallest absolute Gasteiger partial charge is 0.0220 e. The number of rotatable bonds is 5. The SMILES string of the molecule is CN1CCC[C@H]1CN(CCN)C1CC1. The molecule has 1 atom stereocenters. The summed E-state index contributed by atoms with van der Waals surface area (Å²) in [5.74, 6) is 0. The van der Waals surface area contributed by atoms with Gasteiger partial charge in [-0.2, -0.15) is 0 Å². The van der Waals surface area contributed by atoms with E-state index in [1.807, 2.05) is 0 Å². The molecule has 0 aromatic carbocycles. The number of likely N-dealkylation sites (tertiary alicyclic amines) is 1. The third-order valence-electron chi connectivity index (χ3n) is 3.60. The van der Waals surface area contributed by atoms with Gasteiger partial charge in [0.05, 0.1) is 0 Å². The maximum absolute atomic E-state index is 5.65. The molecule has 14 heavy (non-hydrogen) atoms. The maximum atomic E-state index is 5.65. The van der Waals surface area contributed by atoms with Gasteiger partial charge in [0.25, 0.3) is 0 Å². The normalized spacial score (nSPS) is 28.9. The van der Waals surface area contributed by atoms with Crippen LogP contribution in [0.1, 0.15) is 25.7 Å². The lowest BCUT2D eigenvalue weighted by molar-refractivity contribution is 0.189. The van der Waals surface area contributed by atoms with Crippen molar-refractivity contribution in [3.8, 4) is 0 Å². The minimum atomic E-state index is 0.794. The number of nitrogens with zero attached hydrogens (tertiary/aromatic N) is 2. The highest BCUT2D eigenvalue weighted by Crippen LogP contribution is 2.28. The molecule has 0 amide bonds. The van der Waals surface area contributed by atoms with Crippen LogP contribution in [0.3, 0.4) is 0 Å². The van der Waals surface area contributed by atoms with E-state index in [0.29, 0.717) is 0 Å². The second kappa shape index (κ2) is 4.60. The van der Waals surface area contributed by atoms with Crippen molar-refractivity contribution < 1.29 is 0 Å². The van der Waals surface area contributed by atoms with Gasteiger partial charge >= 0.3 is 0 Å². The Morgan fingerprint density at radius 1 is 1.36 bits per heavy atom. The van der Waals surface area contributed by atoms with Gasteiger partial charge in [0.1, 0.15) is 0 Å². The molecule has 2 fully saturated rings. The summed E-state index contributed by atoms with van der Waals surface area (Å²) < 4.78 is 0. The number of likely N-dealkylation sites (N-methyl/N-ethyl adjacent to an activating group) is 1. The Labute approximate surface area is 87.2 Å². The zero-order chi connectivity index (χ0) is 9.97.